The van der Waals surface area contributed by atoms with Gasteiger partial charge in [0.2, 0.25) is 0 Å². The van der Waals surface area contributed by atoms with E-state index in [0.717, 1.165) is 41.8 Å². The molecule has 5 nitrogen and oxygen atoms in total. The molecule has 2 amide bonds. The van der Waals surface area contributed by atoms with E-state index >= 15 is 0 Å². The van der Waals surface area contributed by atoms with Gasteiger partial charge in [-0.05, 0) is 75.9 Å². The van der Waals surface area contributed by atoms with Crippen LogP contribution in [0.3, 0.4) is 0 Å². The van der Waals surface area contributed by atoms with E-state index < -0.39 is 0 Å². The van der Waals surface area contributed by atoms with Crippen molar-refractivity contribution in [2.75, 3.05) is 5.32 Å². The van der Waals surface area contributed by atoms with Gasteiger partial charge in [0.1, 0.15) is 0 Å². The predicted octanol–water partition coefficient (Wildman–Crippen LogP) is 4.95. The normalized spacial score (nSPS) is 14.9. The van der Waals surface area contributed by atoms with Crippen LogP contribution in [0.5, 0.6) is 0 Å². The van der Waals surface area contributed by atoms with Crippen LogP contribution >= 0.6 is 0 Å². The van der Waals surface area contributed by atoms with Crippen LogP contribution in [0.4, 0.5) is 10.5 Å². The molecule has 1 atom stereocenters. The number of anilines is 1. The van der Waals surface area contributed by atoms with E-state index in [9.17, 15) is 4.79 Å². The first-order valence-electron chi connectivity index (χ1n) is 9.66. The fourth-order valence-corrected chi connectivity index (χ4v) is 3.81. The number of hydrogen-bond acceptors (Lipinski definition) is 2. The first-order valence-corrected chi connectivity index (χ1v) is 9.66. The molecule has 0 radical (unpaired) electrons. The Hall–Kier alpha value is -2.82. The van der Waals surface area contributed by atoms with Crippen molar-refractivity contribution in [3.63, 3.8) is 0 Å². The number of benzene rings is 1. The van der Waals surface area contributed by atoms with Gasteiger partial charge in [0, 0.05) is 34.5 Å². The van der Waals surface area contributed by atoms with E-state index in [1.54, 1.807) is 0 Å². The number of urea groups is 1. The van der Waals surface area contributed by atoms with Crippen molar-refractivity contribution in [2.24, 2.45) is 5.92 Å². The molecule has 2 heterocycles. The number of nitrogens with one attached hydrogen (secondary N) is 2. The summed E-state index contributed by atoms with van der Waals surface area (Å²) in [5, 5.41) is 7.26. The molecule has 1 saturated carbocycles. The number of nitrogens with zero attached hydrogens (tertiary/aromatic N) is 2. The van der Waals surface area contributed by atoms with Gasteiger partial charge in [-0.15, -0.1) is 0 Å². The largest absolute Gasteiger partial charge is 0.345 e. The second-order valence-corrected chi connectivity index (χ2v) is 7.42. The minimum Gasteiger partial charge on any atom is -0.345 e. The number of pyridine rings is 1. The smallest absolute Gasteiger partial charge is 0.319 e. The number of carbonyl (C=O) groups excluding carboxylic acids is 1. The van der Waals surface area contributed by atoms with E-state index in [2.05, 4.69) is 46.2 Å². The SMILES string of the molecule is CCn1c(C)cc2cc(NC(=O)N[C@H](c3cccc(C)n3)C3CC3)ccc21. The van der Waals surface area contributed by atoms with Crippen LogP contribution in [0.15, 0.2) is 42.5 Å². The van der Waals surface area contributed by atoms with Gasteiger partial charge in [-0.1, -0.05) is 6.07 Å². The van der Waals surface area contributed by atoms with Gasteiger partial charge in [0.25, 0.3) is 0 Å². The molecule has 27 heavy (non-hydrogen) atoms. The number of rotatable bonds is 5. The van der Waals surface area contributed by atoms with Crippen LogP contribution in [-0.4, -0.2) is 15.6 Å². The summed E-state index contributed by atoms with van der Waals surface area (Å²) in [5.41, 5.74) is 5.15. The van der Waals surface area contributed by atoms with Gasteiger partial charge in [0.15, 0.2) is 0 Å². The quantitative estimate of drug-likeness (QED) is 0.675. The Morgan fingerprint density at radius 1 is 1.22 bits per heavy atom. The van der Waals surface area contributed by atoms with E-state index in [4.69, 9.17) is 0 Å². The lowest BCUT2D eigenvalue weighted by atomic mass is 10.1. The fraction of sp³-hybridized carbons (Fsp3) is 0.364. The molecule has 0 aliphatic heterocycles. The maximum absolute atomic E-state index is 12.6. The molecule has 1 aliphatic carbocycles. The Balaban J connectivity index is 1.50. The van der Waals surface area contributed by atoms with Crippen molar-refractivity contribution in [3.05, 3.63) is 59.5 Å². The molecule has 0 unspecified atom stereocenters. The summed E-state index contributed by atoms with van der Waals surface area (Å²) in [5.74, 6) is 0.480. The molecule has 1 aromatic carbocycles. The molecule has 2 N–H and O–H groups in total. The highest BCUT2D eigenvalue weighted by Gasteiger charge is 2.34. The second-order valence-electron chi connectivity index (χ2n) is 7.42. The van der Waals surface area contributed by atoms with Crippen molar-refractivity contribution in [1.82, 2.24) is 14.9 Å². The predicted molar refractivity (Wildman–Crippen MR) is 109 cm³/mol. The second kappa shape index (κ2) is 7.06. The van der Waals surface area contributed by atoms with Crippen molar-refractivity contribution in [3.8, 4) is 0 Å². The molecule has 0 saturated heterocycles. The van der Waals surface area contributed by atoms with Gasteiger partial charge in [0.05, 0.1) is 11.7 Å². The van der Waals surface area contributed by atoms with E-state index in [1.165, 1.54) is 11.2 Å². The number of fused-ring (bicyclic) bond motifs is 1. The number of aryl methyl sites for hydroxylation is 3. The number of carbonyl (C=O) groups is 1. The summed E-state index contributed by atoms with van der Waals surface area (Å²) in [6.07, 6.45) is 2.27. The first kappa shape index (κ1) is 17.6. The van der Waals surface area contributed by atoms with Crippen molar-refractivity contribution in [2.45, 2.75) is 46.2 Å². The molecule has 2 aromatic heterocycles. The number of hydrogen-bond donors (Lipinski definition) is 2. The standard InChI is InChI=1S/C22H26N4O/c1-4-26-15(3)12-17-13-18(10-11-20(17)26)24-22(27)25-21(16-8-9-16)19-7-5-6-14(2)23-19/h5-7,10-13,16,21H,4,8-9H2,1-3H3,(H2,24,25,27)/t21-/m0/s1. The summed E-state index contributed by atoms with van der Waals surface area (Å²) in [7, 11) is 0. The Kier molecular flexibility index (Phi) is 4.60. The highest BCUT2D eigenvalue weighted by atomic mass is 16.2. The topological polar surface area (TPSA) is 59.0 Å². The average Bonchev–Trinajstić information content (AvgIpc) is 3.42. The summed E-state index contributed by atoms with van der Waals surface area (Å²) in [4.78, 5) is 17.2. The third kappa shape index (κ3) is 3.68. The molecule has 0 spiro atoms. The zero-order valence-corrected chi connectivity index (χ0v) is 16.1. The van der Waals surface area contributed by atoms with Crippen LogP contribution in [0.1, 0.15) is 42.9 Å². The summed E-state index contributed by atoms with van der Waals surface area (Å²) in [6, 6.07) is 14.0. The fourth-order valence-electron chi connectivity index (χ4n) is 3.81. The maximum atomic E-state index is 12.6. The van der Waals surface area contributed by atoms with Crippen molar-refractivity contribution in [1.29, 1.82) is 0 Å². The molecule has 0 bridgehead atoms. The zero-order valence-electron chi connectivity index (χ0n) is 16.1. The van der Waals surface area contributed by atoms with Crippen LogP contribution in [0.2, 0.25) is 0 Å². The van der Waals surface area contributed by atoms with E-state index in [1.807, 2.05) is 37.3 Å². The van der Waals surface area contributed by atoms with Crippen molar-refractivity contribution >= 4 is 22.6 Å². The molecule has 1 fully saturated rings. The Morgan fingerprint density at radius 3 is 2.74 bits per heavy atom. The number of aromatic nitrogens is 2. The van der Waals surface area contributed by atoms with Gasteiger partial charge in [-0.3, -0.25) is 4.98 Å². The lowest BCUT2D eigenvalue weighted by Crippen LogP contribution is -2.34. The molecule has 4 rings (SSSR count). The van der Waals surface area contributed by atoms with Gasteiger partial charge in [-0.25, -0.2) is 4.79 Å². The van der Waals surface area contributed by atoms with E-state index in [0.29, 0.717) is 5.92 Å². The van der Waals surface area contributed by atoms with Crippen molar-refractivity contribution < 1.29 is 4.79 Å². The summed E-state index contributed by atoms with van der Waals surface area (Å²) in [6.45, 7) is 7.17. The zero-order chi connectivity index (χ0) is 19.0. The van der Waals surface area contributed by atoms with Crippen LogP contribution in [-0.2, 0) is 6.54 Å². The van der Waals surface area contributed by atoms with Crippen LogP contribution in [0, 0.1) is 19.8 Å². The van der Waals surface area contributed by atoms with Crippen LogP contribution in [0.25, 0.3) is 10.9 Å². The molecular weight excluding hydrogens is 336 g/mol. The lowest BCUT2D eigenvalue weighted by molar-refractivity contribution is 0.246. The van der Waals surface area contributed by atoms with Gasteiger partial charge in [-0.2, -0.15) is 0 Å². The molecule has 140 valence electrons. The highest BCUT2D eigenvalue weighted by Crippen LogP contribution is 2.40. The maximum Gasteiger partial charge on any atom is 0.319 e. The molecule has 1 aliphatic rings. The minimum atomic E-state index is -0.179. The van der Waals surface area contributed by atoms with Gasteiger partial charge >= 0.3 is 6.03 Å². The van der Waals surface area contributed by atoms with Crippen LogP contribution < -0.4 is 10.6 Å². The minimum absolute atomic E-state index is 0.0305. The third-order valence-electron chi connectivity index (χ3n) is 5.29. The molecule has 5 heteroatoms. The van der Waals surface area contributed by atoms with Gasteiger partial charge < -0.3 is 15.2 Å². The first-order chi connectivity index (χ1) is 13.0. The third-order valence-corrected chi connectivity index (χ3v) is 5.29. The lowest BCUT2D eigenvalue weighted by Gasteiger charge is -2.19. The molecular formula is C22H26N4O. The van der Waals surface area contributed by atoms with E-state index in [-0.39, 0.29) is 12.1 Å². The monoisotopic (exact) mass is 362 g/mol. The average molecular weight is 362 g/mol. The Bertz CT molecular complexity index is 987. The Morgan fingerprint density at radius 2 is 2.04 bits per heavy atom. The number of amides is 2. The Labute approximate surface area is 159 Å². The molecule has 3 aromatic rings. The summed E-state index contributed by atoms with van der Waals surface area (Å²) >= 11 is 0. The highest BCUT2D eigenvalue weighted by molar-refractivity contribution is 5.93. The summed E-state index contributed by atoms with van der Waals surface area (Å²) < 4.78 is 2.27.